The van der Waals surface area contributed by atoms with E-state index in [0.717, 1.165) is 5.56 Å². The molecule has 0 bridgehead atoms. The van der Waals surface area contributed by atoms with E-state index in [-0.39, 0.29) is 12.3 Å². The Morgan fingerprint density at radius 1 is 0.975 bits per heavy atom. The minimum Gasteiger partial charge on any atom is -0.439 e. The van der Waals surface area contributed by atoms with Crippen LogP contribution in [0.5, 0.6) is 5.75 Å². The number of nitrogens with one attached hydrogen (secondary N) is 1. The fourth-order valence-corrected chi connectivity index (χ4v) is 4.78. The minimum absolute atomic E-state index is 0.188. The summed E-state index contributed by atoms with van der Waals surface area (Å²) in [5.74, 6) is -1.41. The molecule has 1 aliphatic rings. The highest BCUT2D eigenvalue weighted by Crippen LogP contribution is 2.29. The van der Waals surface area contributed by atoms with E-state index in [1.165, 1.54) is 17.0 Å². The molecule has 0 fully saturated rings. The normalized spacial score (nSPS) is 15.5. The maximum Gasteiger partial charge on any atom is 0.272 e. The predicted molar refractivity (Wildman–Crippen MR) is 155 cm³/mol. The van der Waals surface area contributed by atoms with Crippen molar-refractivity contribution in [1.82, 2.24) is 5.32 Å². The lowest BCUT2D eigenvalue weighted by Gasteiger charge is -2.23. The molecule has 1 N–H and O–H groups in total. The Balaban J connectivity index is 1.50. The number of hydrogen-bond acceptors (Lipinski definition) is 4. The van der Waals surface area contributed by atoms with Crippen LogP contribution >= 0.6 is 23.2 Å². The zero-order valence-corrected chi connectivity index (χ0v) is 22.9. The number of hydrogen-bond donors (Lipinski definition) is 1. The molecule has 0 radical (unpaired) electrons. The Bertz CT molecular complexity index is 1580. The van der Waals surface area contributed by atoms with Crippen molar-refractivity contribution < 1.29 is 18.7 Å². The van der Waals surface area contributed by atoms with Gasteiger partial charge in [-0.05, 0) is 66.1 Å². The lowest BCUT2D eigenvalue weighted by Crippen LogP contribution is -2.47. The van der Waals surface area contributed by atoms with Crippen LogP contribution in [-0.2, 0) is 16.0 Å². The quantitative estimate of drug-likeness (QED) is 0.289. The van der Waals surface area contributed by atoms with Gasteiger partial charge < -0.3 is 15.0 Å². The molecule has 5 rings (SSSR count). The van der Waals surface area contributed by atoms with E-state index < -0.39 is 29.7 Å². The summed E-state index contributed by atoms with van der Waals surface area (Å²) in [6.07, 6.45) is -1.05. The first-order valence-electron chi connectivity index (χ1n) is 12.5. The summed E-state index contributed by atoms with van der Waals surface area (Å²) >= 11 is 12.3. The lowest BCUT2D eigenvalue weighted by atomic mass is 9.91. The Hall–Kier alpha value is -4.20. The highest BCUT2D eigenvalue weighted by atomic mass is 35.5. The van der Waals surface area contributed by atoms with Crippen LogP contribution in [0.3, 0.4) is 0 Å². The summed E-state index contributed by atoms with van der Waals surface area (Å²) < 4.78 is 19.8. The largest absolute Gasteiger partial charge is 0.439 e. The number of nitrogens with zero attached hydrogens (tertiary/aromatic N) is 2. The monoisotopic (exact) mass is 575 g/mol. The Labute approximate surface area is 241 Å². The van der Waals surface area contributed by atoms with Crippen LogP contribution in [0.1, 0.15) is 22.6 Å². The molecule has 9 heteroatoms. The maximum absolute atomic E-state index is 13.8. The van der Waals surface area contributed by atoms with Gasteiger partial charge in [-0.15, -0.1) is 0 Å². The van der Waals surface area contributed by atoms with Gasteiger partial charge in [-0.25, -0.2) is 9.38 Å². The summed E-state index contributed by atoms with van der Waals surface area (Å²) in [4.78, 5) is 33.4. The molecular formula is C31H24Cl2FN3O3. The van der Waals surface area contributed by atoms with Crippen molar-refractivity contribution in [2.75, 3.05) is 11.9 Å². The zero-order valence-electron chi connectivity index (χ0n) is 21.4. The number of aliphatic imine (C=N–C) groups is 1. The number of benzodiazepines with no additional fused rings is 1. The van der Waals surface area contributed by atoms with E-state index in [4.69, 9.17) is 27.9 Å². The molecule has 202 valence electrons. The van der Waals surface area contributed by atoms with Gasteiger partial charge in [0, 0.05) is 7.05 Å². The smallest absolute Gasteiger partial charge is 0.272 e. The average molecular weight is 576 g/mol. The van der Waals surface area contributed by atoms with Crippen molar-refractivity contribution in [2.24, 2.45) is 4.99 Å². The first kappa shape index (κ1) is 27.4. The molecule has 1 heterocycles. The van der Waals surface area contributed by atoms with Crippen LogP contribution in [0.2, 0.25) is 10.0 Å². The SMILES string of the molecule is CN1C(=O)[C@@H](NC(=O)[C@H](Cc2ccc(Cl)c(Cl)c2)c2ccc(F)cc2)N=C(Oc2ccccc2)c2ccccc21. The van der Waals surface area contributed by atoms with Gasteiger partial charge in [0.2, 0.25) is 18.0 Å². The van der Waals surface area contributed by atoms with E-state index in [2.05, 4.69) is 10.3 Å². The van der Waals surface area contributed by atoms with Crippen LogP contribution in [0.15, 0.2) is 102 Å². The van der Waals surface area contributed by atoms with Gasteiger partial charge in [0.15, 0.2) is 0 Å². The van der Waals surface area contributed by atoms with Crippen LogP contribution in [0.4, 0.5) is 10.1 Å². The molecular weight excluding hydrogens is 552 g/mol. The third kappa shape index (κ3) is 6.01. The van der Waals surface area contributed by atoms with Gasteiger partial charge in [-0.3, -0.25) is 9.59 Å². The number of halogens is 3. The van der Waals surface area contributed by atoms with Gasteiger partial charge in [0.05, 0.1) is 27.2 Å². The van der Waals surface area contributed by atoms with Gasteiger partial charge >= 0.3 is 0 Å². The highest BCUT2D eigenvalue weighted by Gasteiger charge is 2.33. The summed E-state index contributed by atoms with van der Waals surface area (Å²) in [6, 6.07) is 27.0. The fourth-order valence-electron chi connectivity index (χ4n) is 4.46. The molecule has 0 spiro atoms. The van der Waals surface area contributed by atoms with Crippen LogP contribution in [0, 0.1) is 5.82 Å². The van der Waals surface area contributed by atoms with Gasteiger partial charge in [0.25, 0.3) is 5.91 Å². The Morgan fingerprint density at radius 3 is 2.40 bits per heavy atom. The predicted octanol–water partition coefficient (Wildman–Crippen LogP) is 6.40. The second-order valence-corrected chi connectivity index (χ2v) is 10.0. The highest BCUT2D eigenvalue weighted by molar-refractivity contribution is 6.42. The van der Waals surface area contributed by atoms with E-state index >= 15 is 0 Å². The zero-order chi connectivity index (χ0) is 28.2. The number of carbonyl (C=O) groups is 2. The number of benzene rings is 4. The molecule has 0 saturated carbocycles. The molecule has 4 aromatic carbocycles. The standard InChI is InChI=1S/C31H24Cl2FN3O3/c1-37-27-10-6-5-9-23(27)30(40-22-7-3-2-4-8-22)36-28(31(37)39)35-29(38)24(20-12-14-21(34)15-13-20)17-19-11-16-25(32)26(33)18-19/h2-16,18,24,28H,17H2,1H3,(H,35,38)/t24-,28+/m1/s1. The second-order valence-electron chi connectivity index (χ2n) is 9.23. The van der Waals surface area contributed by atoms with Gasteiger partial charge in [-0.1, -0.05) is 71.7 Å². The Kier molecular flexibility index (Phi) is 8.14. The topological polar surface area (TPSA) is 71.0 Å². The molecule has 4 aromatic rings. The number of rotatable bonds is 6. The third-order valence-electron chi connectivity index (χ3n) is 6.56. The molecule has 0 aliphatic carbocycles. The van der Waals surface area contributed by atoms with E-state index in [0.29, 0.717) is 32.6 Å². The molecule has 2 amide bonds. The van der Waals surface area contributed by atoms with Crippen LogP contribution in [-0.4, -0.2) is 30.9 Å². The first-order valence-corrected chi connectivity index (χ1v) is 13.2. The molecule has 0 saturated heterocycles. The average Bonchev–Trinajstić information content (AvgIpc) is 3.05. The number of amides is 2. The van der Waals surface area contributed by atoms with E-state index in [1.807, 2.05) is 30.3 Å². The molecule has 40 heavy (non-hydrogen) atoms. The van der Waals surface area contributed by atoms with Crippen molar-refractivity contribution in [1.29, 1.82) is 0 Å². The third-order valence-corrected chi connectivity index (χ3v) is 7.30. The molecule has 0 aromatic heterocycles. The molecule has 6 nitrogen and oxygen atoms in total. The molecule has 0 unspecified atom stereocenters. The fraction of sp³-hybridized carbons (Fsp3) is 0.129. The first-order chi connectivity index (χ1) is 19.3. The second kappa shape index (κ2) is 11.9. The number of ether oxygens (including phenoxy) is 1. The summed E-state index contributed by atoms with van der Waals surface area (Å²) in [6.45, 7) is 0. The van der Waals surface area contributed by atoms with Crippen molar-refractivity contribution in [2.45, 2.75) is 18.5 Å². The van der Waals surface area contributed by atoms with Gasteiger partial charge in [-0.2, -0.15) is 0 Å². The van der Waals surface area contributed by atoms with Crippen molar-refractivity contribution in [3.8, 4) is 5.75 Å². The molecule has 1 aliphatic heterocycles. The number of para-hydroxylation sites is 2. The van der Waals surface area contributed by atoms with Crippen molar-refractivity contribution in [3.63, 3.8) is 0 Å². The lowest BCUT2D eigenvalue weighted by molar-refractivity contribution is -0.128. The van der Waals surface area contributed by atoms with Gasteiger partial charge in [0.1, 0.15) is 11.6 Å². The number of fused-ring (bicyclic) bond motifs is 1. The Morgan fingerprint density at radius 2 is 1.68 bits per heavy atom. The van der Waals surface area contributed by atoms with E-state index in [9.17, 15) is 14.0 Å². The van der Waals surface area contributed by atoms with E-state index in [1.54, 1.807) is 61.6 Å². The van der Waals surface area contributed by atoms with Crippen molar-refractivity contribution >= 4 is 46.6 Å². The van der Waals surface area contributed by atoms with Crippen LogP contribution in [0.25, 0.3) is 0 Å². The minimum atomic E-state index is -1.28. The molecule has 2 atom stereocenters. The van der Waals surface area contributed by atoms with Crippen LogP contribution < -0.4 is 15.0 Å². The van der Waals surface area contributed by atoms with Crippen molar-refractivity contribution in [3.05, 3.63) is 130 Å². The maximum atomic E-state index is 13.8. The summed E-state index contributed by atoms with van der Waals surface area (Å²) in [7, 11) is 1.62. The number of likely N-dealkylation sites (N-methyl/N-ethyl adjacent to an activating group) is 1. The summed E-state index contributed by atoms with van der Waals surface area (Å²) in [5.41, 5.74) is 2.49. The number of carbonyl (C=O) groups excluding carboxylic acids is 2. The number of anilines is 1. The summed E-state index contributed by atoms with van der Waals surface area (Å²) in [5, 5.41) is 3.54.